The van der Waals surface area contributed by atoms with Crippen LogP contribution < -0.4 is 4.90 Å². The molecule has 1 aliphatic rings. The standard InChI is InChI=1S/C20H25N3O/c1-22(16-18-5-3-2-4-6-18)19-11-13-23(14-12-19)20-9-7-17(8-10-20)15-21-24/h2-10,15,19,24H,11-14,16H2,1H3/b21-15-. The second-order valence-corrected chi connectivity index (χ2v) is 6.46. The molecule has 0 saturated carbocycles. The molecule has 1 fully saturated rings. The van der Waals surface area contributed by atoms with Crippen molar-refractivity contribution in [3.63, 3.8) is 0 Å². The van der Waals surface area contributed by atoms with Crippen LogP contribution in [0.4, 0.5) is 5.69 Å². The number of oxime groups is 1. The molecule has 4 nitrogen and oxygen atoms in total. The molecule has 1 heterocycles. The average molecular weight is 323 g/mol. The molecule has 2 aromatic rings. The fraction of sp³-hybridized carbons (Fsp3) is 0.350. The van der Waals surface area contributed by atoms with Crippen molar-refractivity contribution in [2.24, 2.45) is 5.16 Å². The number of rotatable bonds is 5. The molecule has 1 N–H and O–H groups in total. The lowest BCUT2D eigenvalue weighted by molar-refractivity contribution is 0.200. The van der Waals surface area contributed by atoms with Crippen LogP contribution in [0.25, 0.3) is 0 Å². The average Bonchev–Trinajstić information content (AvgIpc) is 2.64. The van der Waals surface area contributed by atoms with E-state index < -0.39 is 0 Å². The smallest absolute Gasteiger partial charge is 0.0733 e. The maximum atomic E-state index is 8.58. The molecular weight excluding hydrogens is 298 g/mol. The monoisotopic (exact) mass is 323 g/mol. The summed E-state index contributed by atoms with van der Waals surface area (Å²) in [5, 5.41) is 11.6. The Morgan fingerprint density at radius 1 is 1.08 bits per heavy atom. The van der Waals surface area contributed by atoms with Crippen molar-refractivity contribution in [1.29, 1.82) is 0 Å². The first kappa shape index (κ1) is 16.5. The molecule has 24 heavy (non-hydrogen) atoms. The molecule has 2 aromatic carbocycles. The van der Waals surface area contributed by atoms with Gasteiger partial charge in [0.15, 0.2) is 0 Å². The maximum absolute atomic E-state index is 8.58. The summed E-state index contributed by atoms with van der Waals surface area (Å²) in [7, 11) is 2.23. The van der Waals surface area contributed by atoms with E-state index in [-0.39, 0.29) is 0 Å². The minimum atomic E-state index is 0.641. The summed E-state index contributed by atoms with van der Waals surface area (Å²) in [5.41, 5.74) is 3.54. The Labute approximate surface area is 144 Å². The molecule has 1 saturated heterocycles. The van der Waals surface area contributed by atoms with Gasteiger partial charge in [0.05, 0.1) is 6.21 Å². The molecule has 0 radical (unpaired) electrons. The number of nitrogens with zero attached hydrogens (tertiary/aromatic N) is 3. The first-order chi connectivity index (χ1) is 11.8. The van der Waals surface area contributed by atoms with Gasteiger partial charge in [0.2, 0.25) is 0 Å². The lowest BCUT2D eigenvalue weighted by Gasteiger charge is -2.38. The Hall–Kier alpha value is -2.33. The van der Waals surface area contributed by atoms with E-state index in [1.807, 2.05) is 12.1 Å². The molecule has 0 atom stereocenters. The van der Waals surface area contributed by atoms with Gasteiger partial charge in [0.25, 0.3) is 0 Å². The number of hydrogen-bond acceptors (Lipinski definition) is 4. The Balaban J connectivity index is 1.53. The predicted molar refractivity (Wildman–Crippen MR) is 99.0 cm³/mol. The SMILES string of the molecule is CN(Cc1ccccc1)C1CCN(c2ccc(/C=N\O)cc2)CC1. The van der Waals surface area contributed by atoms with Gasteiger partial charge >= 0.3 is 0 Å². The third kappa shape index (κ3) is 4.15. The normalized spacial score (nSPS) is 16.2. The molecule has 0 spiro atoms. The van der Waals surface area contributed by atoms with Crippen LogP contribution in [0.15, 0.2) is 59.8 Å². The van der Waals surface area contributed by atoms with E-state index in [1.54, 1.807) is 0 Å². The van der Waals surface area contributed by atoms with E-state index in [1.165, 1.54) is 30.3 Å². The van der Waals surface area contributed by atoms with Gasteiger partial charge in [-0.3, -0.25) is 4.90 Å². The van der Waals surface area contributed by atoms with Crippen molar-refractivity contribution >= 4 is 11.9 Å². The Morgan fingerprint density at radius 2 is 1.75 bits per heavy atom. The number of benzene rings is 2. The van der Waals surface area contributed by atoms with Gasteiger partial charge in [0.1, 0.15) is 0 Å². The van der Waals surface area contributed by atoms with E-state index >= 15 is 0 Å². The van der Waals surface area contributed by atoms with Gasteiger partial charge in [-0.1, -0.05) is 47.6 Å². The minimum Gasteiger partial charge on any atom is -0.411 e. The van der Waals surface area contributed by atoms with Crippen molar-refractivity contribution in [3.8, 4) is 0 Å². The van der Waals surface area contributed by atoms with Gasteiger partial charge in [-0.05, 0) is 43.1 Å². The molecule has 0 bridgehead atoms. The molecule has 4 heteroatoms. The highest BCUT2D eigenvalue weighted by atomic mass is 16.4. The van der Waals surface area contributed by atoms with Crippen LogP contribution in [-0.4, -0.2) is 42.5 Å². The fourth-order valence-corrected chi connectivity index (χ4v) is 3.40. The molecule has 126 valence electrons. The molecule has 0 aromatic heterocycles. The number of anilines is 1. The minimum absolute atomic E-state index is 0.641. The summed E-state index contributed by atoms with van der Waals surface area (Å²) in [6.45, 7) is 3.18. The molecule has 0 unspecified atom stereocenters. The van der Waals surface area contributed by atoms with Crippen LogP contribution in [0.2, 0.25) is 0 Å². The molecule has 0 amide bonds. The maximum Gasteiger partial charge on any atom is 0.0733 e. The van der Waals surface area contributed by atoms with Crippen molar-refractivity contribution in [2.75, 3.05) is 25.0 Å². The second-order valence-electron chi connectivity index (χ2n) is 6.46. The Morgan fingerprint density at radius 3 is 2.38 bits per heavy atom. The summed E-state index contributed by atoms with van der Waals surface area (Å²) < 4.78 is 0. The Bertz CT molecular complexity index is 646. The van der Waals surface area contributed by atoms with Gasteiger partial charge in [-0.15, -0.1) is 0 Å². The van der Waals surface area contributed by atoms with Gasteiger partial charge in [-0.2, -0.15) is 0 Å². The van der Waals surface area contributed by atoms with Crippen LogP contribution in [0.1, 0.15) is 24.0 Å². The Kier molecular flexibility index (Phi) is 5.49. The van der Waals surface area contributed by atoms with E-state index in [4.69, 9.17) is 5.21 Å². The largest absolute Gasteiger partial charge is 0.411 e. The summed E-state index contributed by atoms with van der Waals surface area (Å²) >= 11 is 0. The summed E-state index contributed by atoms with van der Waals surface area (Å²) in [5.74, 6) is 0. The number of hydrogen-bond donors (Lipinski definition) is 1. The van der Waals surface area contributed by atoms with Crippen molar-refractivity contribution in [3.05, 3.63) is 65.7 Å². The predicted octanol–water partition coefficient (Wildman–Crippen LogP) is 3.60. The lowest BCUT2D eigenvalue weighted by Crippen LogP contribution is -2.43. The van der Waals surface area contributed by atoms with E-state index in [0.717, 1.165) is 25.2 Å². The van der Waals surface area contributed by atoms with Crippen LogP contribution in [0, 0.1) is 0 Å². The highest BCUT2D eigenvalue weighted by molar-refractivity contribution is 5.79. The van der Waals surface area contributed by atoms with Crippen molar-refractivity contribution in [1.82, 2.24) is 4.90 Å². The van der Waals surface area contributed by atoms with Crippen molar-refractivity contribution < 1.29 is 5.21 Å². The molecule has 0 aliphatic carbocycles. The third-order valence-corrected chi connectivity index (χ3v) is 4.83. The molecular formula is C20H25N3O. The van der Waals surface area contributed by atoms with Gasteiger partial charge < -0.3 is 10.1 Å². The fourth-order valence-electron chi connectivity index (χ4n) is 3.40. The highest BCUT2D eigenvalue weighted by Gasteiger charge is 2.22. The zero-order valence-electron chi connectivity index (χ0n) is 14.2. The first-order valence-electron chi connectivity index (χ1n) is 8.53. The quantitative estimate of drug-likeness (QED) is 0.519. The summed E-state index contributed by atoms with van der Waals surface area (Å²) in [4.78, 5) is 4.92. The summed E-state index contributed by atoms with van der Waals surface area (Å²) in [6, 6.07) is 19.5. The molecule has 3 rings (SSSR count). The van der Waals surface area contributed by atoms with Crippen LogP contribution in [0.5, 0.6) is 0 Å². The lowest BCUT2D eigenvalue weighted by atomic mass is 10.0. The first-order valence-corrected chi connectivity index (χ1v) is 8.53. The van der Waals surface area contributed by atoms with E-state index in [9.17, 15) is 0 Å². The van der Waals surface area contributed by atoms with Crippen LogP contribution in [-0.2, 0) is 6.54 Å². The zero-order valence-corrected chi connectivity index (χ0v) is 14.2. The second kappa shape index (κ2) is 7.97. The van der Waals surface area contributed by atoms with Crippen LogP contribution in [0.3, 0.4) is 0 Å². The van der Waals surface area contributed by atoms with Crippen molar-refractivity contribution in [2.45, 2.75) is 25.4 Å². The van der Waals surface area contributed by atoms with E-state index in [0.29, 0.717) is 6.04 Å². The molecule has 1 aliphatic heterocycles. The van der Waals surface area contributed by atoms with Gasteiger partial charge in [0, 0.05) is 31.4 Å². The number of piperidine rings is 1. The zero-order chi connectivity index (χ0) is 16.8. The van der Waals surface area contributed by atoms with E-state index in [2.05, 4.69) is 64.5 Å². The topological polar surface area (TPSA) is 39.1 Å². The van der Waals surface area contributed by atoms with Crippen LogP contribution >= 0.6 is 0 Å². The third-order valence-electron chi connectivity index (χ3n) is 4.83. The summed E-state index contributed by atoms with van der Waals surface area (Å²) in [6.07, 6.45) is 3.82. The highest BCUT2D eigenvalue weighted by Crippen LogP contribution is 2.23. The van der Waals surface area contributed by atoms with Gasteiger partial charge in [-0.25, -0.2) is 0 Å².